The van der Waals surface area contributed by atoms with Crippen LogP contribution < -0.4 is 11.5 Å². The Morgan fingerprint density at radius 3 is 2.50 bits per heavy atom. The molecule has 0 aromatic heterocycles. The van der Waals surface area contributed by atoms with Crippen LogP contribution in [0, 0.1) is 0 Å². The largest absolute Gasteiger partial charge is 0.506 e. The third kappa shape index (κ3) is 2.85. The van der Waals surface area contributed by atoms with Crippen LogP contribution in [-0.4, -0.2) is 22.7 Å². The Labute approximate surface area is 107 Å². The Balaban J connectivity index is 0.00000225. The van der Waals surface area contributed by atoms with E-state index in [1.165, 1.54) is 12.1 Å². The van der Waals surface area contributed by atoms with E-state index in [0.29, 0.717) is 4.47 Å². The summed E-state index contributed by atoms with van der Waals surface area (Å²) in [6, 6.07) is 2.12. The molecule has 6 N–H and O–H groups in total. The molecule has 0 bridgehead atoms. The van der Waals surface area contributed by atoms with Gasteiger partial charge in [-0.3, -0.25) is 0 Å². The minimum absolute atomic E-state index is 0. The lowest BCUT2D eigenvalue weighted by Crippen LogP contribution is -2.23. The molecular formula is C9H12BrClN2O3. The van der Waals surface area contributed by atoms with E-state index in [0.717, 1.165) is 0 Å². The summed E-state index contributed by atoms with van der Waals surface area (Å²) < 4.78 is 0.395. The zero-order valence-corrected chi connectivity index (χ0v) is 10.6. The van der Waals surface area contributed by atoms with E-state index in [2.05, 4.69) is 15.9 Å². The summed E-state index contributed by atoms with van der Waals surface area (Å²) in [5, 5.41) is 18.6. The Kier molecular flexibility index (Phi) is 5.74. The molecule has 0 unspecified atom stereocenters. The first-order valence-corrected chi connectivity index (χ1v) is 4.98. The van der Waals surface area contributed by atoms with Crippen molar-refractivity contribution in [3.63, 3.8) is 0 Å². The first-order chi connectivity index (χ1) is 6.99. The average Bonchev–Trinajstić information content (AvgIpc) is 2.20. The second-order valence-electron chi connectivity index (χ2n) is 3.00. The Morgan fingerprint density at radius 2 is 2.06 bits per heavy atom. The summed E-state index contributed by atoms with van der Waals surface area (Å²) in [5.74, 6) is -1.32. The molecule has 0 aliphatic heterocycles. The number of rotatable bonds is 3. The molecule has 0 amide bonds. The van der Waals surface area contributed by atoms with Gasteiger partial charge in [-0.1, -0.05) is 0 Å². The van der Waals surface area contributed by atoms with Gasteiger partial charge in [-0.2, -0.15) is 0 Å². The third-order valence-electron chi connectivity index (χ3n) is 2.02. The van der Waals surface area contributed by atoms with E-state index in [9.17, 15) is 9.90 Å². The van der Waals surface area contributed by atoms with E-state index in [1.54, 1.807) is 0 Å². The molecule has 16 heavy (non-hydrogen) atoms. The minimum Gasteiger partial charge on any atom is -0.506 e. The van der Waals surface area contributed by atoms with Crippen molar-refractivity contribution in [2.24, 2.45) is 11.5 Å². The van der Waals surface area contributed by atoms with Crippen LogP contribution in [0.5, 0.6) is 5.75 Å². The molecule has 0 heterocycles. The smallest absolute Gasteiger partial charge is 0.336 e. The molecule has 7 heteroatoms. The van der Waals surface area contributed by atoms with Gasteiger partial charge in [-0.05, 0) is 28.1 Å². The Morgan fingerprint density at radius 1 is 1.50 bits per heavy atom. The molecule has 1 aromatic rings. The number of aromatic carboxylic acids is 1. The number of hydrogen-bond acceptors (Lipinski definition) is 4. The quantitative estimate of drug-likeness (QED) is 0.671. The summed E-state index contributed by atoms with van der Waals surface area (Å²) in [5.41, 5.74) is 11.1. The highest BCUT2D eigenvalue weighted by molar-refractivity contribution is 9.10. The highest BCUT2D eigenvalue weighted by Crippen LogP contribution is 2.33. The van der Waals surface area contributed by atoms with Crippen molar-refractivity contribution < 1.29 is 15.0 Å². The molecule has 0 aliphatic rings. The number of carboxylic acid groups (broad SMARTS) is 1. The number of carboxylic acids is 1. The van der Waals surface area contributed by atoms with Crippen molar-refractivity contribution in [2.75, 3.05) is 6.54 Å². The molecule has 0 spiro atoms. The topological polar surface area (TPSA) is 110 Å². The number of carbonyl (C=O) groups is 1. The summed E-state index contributed by atoms with van der Waals surface area (Å²) in [6.07, 6.45) is 0. The van der Waals surface area contributed by atoms with Gasteiger partial charge in [0.2, 0.25) is 0 Å². The lowest BCUT2D eigenvalue weighted by atomic mass is 10.00. The average molecular weight is 312 g/mol. The maximum absolute atomic E-state index is 10.9. The van der Waals surface area contributed by atoms with Gasteiger partial charge in [0.25, 0.3) is 0 Å². The summed E-state index contributed by atoms with van der Waals surface area (Å²) in [4.78, 5) is 10.9. The van der Waals surface area contributed by atoms with Crippen LogP contribution in [0.3, 0.4) is 0 Å². The fraction of sp³-hybridized carbons (Fsp3) is 0.222. The number of phenols is 1. The molecule has 0 saturated carbocycles. The van der Waals surface area contributed by atoms with Gasteiger partial charge in [0.15, 0.2) is 0 Å². The molecule has 1 aromatic carbocycles. The molecular weight excluding hydrogens is 299 g/mol. The molecule has 0 fully saturated rings. The molecule has 5 nitrogen and oxygen atoms in total. The van der Waals surface area contributed by atoms with Gasteiger partial charge in [-0.25, -0.2) is 4.79 Å². The van der Waals surface area contributed by atoms with Crippen LogP contribution in [-0.2, 0) is 0 Å². The van der Waals surface area contributed by atoms with Gasteiger partial charge < -0.3 is 21.7 Å². The van der Waals surface area contributed by atoms with Gasteiger partial charge in [0.05, 0.1) is 10.0 Å². The first kappa shape index (κ1) is 15.2. The summed E-state index contributed by atoms with van der Waals surface area (Å²) >= 11 is 3.09. The standard InChI is InChI=1S/C9H11BrN2O3.ClH/c10-5-2-1-4(9(14)15)7(8(5)13)6(12)3-11;/h1-2,6,13H,3,11-12H2,(H,14,15);1H/t6-;/m1./s1. The zero-order valence-electron chi connectivity index (χ0n) is 8.18. The van der Waals surface area contributed by atoms with Crippen LogP contribution in [0.1, 0.15) is 22.0 Å². The van der Waals surface area contributed by atoms with Crippen molar-refractivity contribution in [3.05, 3.63) is 27.7 Å². The highest BCUT2D eigenvalue weighted by Gasteiger charge is 2.20. The summed E-state index contributed by atoms with van der Waals surface area (Å²) in [7, 11) is 0. The van der Waals surface area contributed by atoms with Crippen LogP contribution >= 0.6 is 28.3 Å². The minimum atomic E-state index is -1.14. The van der Waals surface area contributed by atoms with Crippen molar-refractivity contribution in [1.29, 1.82) is 0 Å². The normalized spacial score (nSPS) is 11.7. The SMILES string of the molecule is Cl.NC[C@@H](N)c1c(C(=O)O)ccc(Br)c1O. The Bertz CT molecular complexity index is 401. The lowest BCUT2D eigenvalue weighted by molar-refractivity contribution is 0.0694. The number of aromatic hydroxyl groups is 1. The predicted molar refractivity (Wildman–Crippen MR) is 66.0 cm³/mol. The molecule has 90 valence electrons. The second-order valence-corrected chi connectivity index (χ2v) is 3.86. The number of phenolic OH excluding ortho intramolecular Hbond substituents is 1. The molecule has 0 saturated heterocycles. The lowest BCUT2D eigenvalue weighted by Gasteiger charge is -2.15. The van der Waals surface area contributed by atoms with Gasteiger partial charge in [0.1, 0.15) is 5.75 Å². The van der Waals surface area contributed by atoms with Crippen molar-refractivity contribution in [2.45, 2.75) is 6.04 Å². The monoisotopic (exact) mass is 310 g/mol. The second kappa shape index (κ2) is 6.05. The highest BCUT2D eigenvalue weighted by atomic mass is 79.9. The fourth-order valence-corrected chi connectivity index (χ4v) is 1.61. The summed E-state index contributed by atoms with van der Waals surface area (Å²) in [6.45, 7) is 0.0598. The van der Waals surface area contributed by atoms with E-state index in [4.69, 9.17) is 16.6 Å². The molecule has 0 aliphatic carbocycles. The van der Waals surface area contributed by atoms with E-state index in [-0.39, 0.29) is 35.8 Å². The number of hydrogen-bond donors (Lipinski definition) is 4. The molecule has 1 atom stereocenters. The van der Waals surface area contributed by atoms with Crippen LogP contribution in [0.4, 0.5) is 0 Å². The first-order valence-electron chi connectivity index (χ1n) is 4.19. The fourth-order valence-electron chi connectivity index (χ4n) is 1.26. The van der Waals surface area contributed by atoms with Crippen LogP contribution in [0.2, 0.25) is 0 Å². The Hall–Kier alpha value is -0.820. The predicted octanol–water partition coefficient (Wildman–Crippen LogP) is 1.23. The van der Waals surface area contributed by atoms with E-state index in [1.807, 2.05) is 0 Å². The molecule has 0 radical (unpaired) electrons. The maximum atomic E-state index is 10.9. The maximum Gasteiger partial charge on any atom is 0.336 e. The molecule has 1 rings (SSSR count). The zero-order chi connectivity index (χ0) is 11.6. The number of halogens is 2. The number of nitrogens with two attached hydrogens (primary N) is 2. The van der Waals surface area contributed by atoms with Crippen molar-refractivity contribution in [3.8, 4) is 5.75 Å². The van der Waals surface area contributed by atoms with Gasteiger partial charge >= 0.3 is 5.97 Å². The van der Waals surface area contributed by atoms with Crippen molar-refractivity contribution >= 4 is 34.3 Å². The van der Waals surface area contributed by atoms with E-state index < -0.39 is 12.0 Å². The van der Waals surface area contributed by atoms with Gasteiger partial charge in [0, 0.05) is 18.2 Å². The third-order valence-corrected chi connectivity index (χ3v) is 2.66. The van der Waals surface area contributed by atoms with E-state index >= 15 is 0 Å². The van der Waals surface area contributed by atoms with Gasteiger partial charge in [-0.15, -0.1) is 12.4 Å². The number of benzene rings is 1. The van der Waals surface area contributed by atoms with Crippen molar-refractivity contribution in [1.82, 2.24) is 0 Å². The van der Waals surface area contributed by atoms with Crippen LogP contribution in [0.15, 0.2) is 16.6 Å². The van der Waals surface area contributed by atoms with Crippen LogP contribution in [0.25, 0.3) is 0 Å².